The van der Waals surface area contributed by atoms with E-state index in [0.29, 0.717) is 6.42 Å². The number of carbonyl (C=O) groups is 3. The second-order valence-electron chi connectivity index (χ2n) is 7.60. The van der Waals surface area contributed by atoms with Gasteiger partial charge in [-0.25, -0.2) is 14.4 Å². The van der Waals surface area contributed by atoms with E-state index < -0.39 is 42.0 Å². The largest absolute Gasteiger partial charge is 0.477 e. The monoisotopic (exact) mass is 400 g/mol. The van der Waals surface area contributed by atoms with Crippen molar-refractivity contribution in [2.75, 3.05) is 26.2 Å². The molecule has 0 saturated heterocycles. The molecule has 0 fully saturated rings. The molecule has 0 amide bonds. The zero-order chi connectivity index (χ0) is 21.3. The molecular weight excluding hydrogens is 362 g/mol. The molecule has 0 rings (SSSR count). The topological polar surface area (TPSA) is 112 Å². The van der Waals surface area contributed by atoms with Crippen LogP contribution in [0.5, 0.6) is 0 Å². The Kier molecular flexibility index (Phi) is 15.0. The first-order valence-corrected chi connectivity index (χ1v) is 10.5. The Morgan fingerprint density at radius 1 is 0.643 bits per heavy atom. The fourth-order valence-electron chi connectivity index (χ4n) is 3.43. The van der Waals surface area contributed by atoms with Crippen LogP contribution in [0.15, 0.2) is 12.2 Å². The molecule has 28 heavy (non-hydrogen) atoms. The molecule has 0 aromatic rings. The van der Waals surface area contributed by atoms with Crippen molar-refractivity contribution in [2.24, 2.45) is 0 Å². The summed E-state index contributed by atoms with van der Waals surface area (Å²) in [6.07, 6.45) is 16.4. The lowest BCUT2D eigenvalue weighted by atomic mass is 10.1. The third-order valence-electron chi connectivity index (χ3n) is 4.81. The van der Waals surface area contributed by atoms with E-state index in [1.807, 2.05) is 0 Å². The van der Waals surface area contributed by atoms with Crippen molar-refractivity contribution < 1.29 is 34.2 Å². The molecule has 0 heterocycles. The smallest absolute Gasteiger partial charge is 0.359 e. The Morgan fingerprint density at radius 2 is 1.04 bits per heavy atom. The number of unbranched alkanes of at least 4 members (excludes halogenated alkanes) is 9. The molecule has 7 heteroatoms. The fraction of sp³-hybridized carbons (Fsp3) is 0.762. The summed E-state index contributed by atoms with van der Waals surface area (Å²) < 4.78 is -0.442. The lowest BCUT2D eigenvalue weighted by molar-refractivity contribution is -0.907. The molecular formula is C21H38NO6+. The molecule has 162 valence electrons. The maximum Gasteiger partial charge on any atom is 0.359 e. The van der Waals surface area contributed by atoms with Crippen LogP contribution in [0, 0.1) is 0 Å². The first-order valence-electron chi connectivity index (χ1n) is 10.5. The average molecular weight is 401 g/mol. The van der Waals surface area contributed by atoms with E-state index in [1.54, 1.807) is 0 Å². The second kappa shape index (κ2) is 16.1. The van der Waals surface area contributed by atoms with Gasteiger partial charge in [-0.2, -0.15) is 0 Å². The summed E-state index contributed by atoms with van der Waals surface area (Å²) in [5.74, 6) is -3.53. The number of hydrogen-bond donors (Lipinski definition) is 3. The molecule has 0 radical (unpaired) electrons. The highest BCUT2D eigenvalue weighted by molar-refractivity contribution is 5.73. The molecule has 0 aliphatic rings. The first-order chi connectivity index (χ1) is 13.3. The number of allylic oxidation sites excluding steroid dienone is 2. The van der Waals surface area contributed by atoms with Crippen LogP contribution < -0.4 is 0 Å². The predicted octanol–water partition coefficient (Wildman–Crippen LogP) is 3.92. The highest BCUT2D eigenvalue weighted by Crippen LogP contribution is 2.13. The zero-order valence-corrected chi connectivity index (χ0v) is 17.3. The van der Waals surface area contributed by atoms with Gasteiger partial charge in [0, 0.05) is 0 Å². The van der Waals surface area contributed by atoms with E-state index in [-0.39, 0.29) is 6.54 Å². The highest BCUT2D eigenvalue weighted by atomic mass is 16.4. The average Bonchev–Trinajstić information content (AvgIpc) is 2.57. The van der Waals surface area contributed by atoms with Crippen molar-refractivity contribution in [3.8, 4) is 0 Å². The van der Waals surface area contributed by atoms with Crippen LogP contribution in [0.2, 0.25) is 0 Å². The number of aliphatic carboxylic acids is 3. The summed E-state index contributed by atoms with van der Waals surface area (Å²) in [6, 6.07) is 0. The minimum atomic E-state index is -1.18. The van der Waals surface area contributed by atoms with Crippen LogP contribution >= 0.6 is 0 Å². The summed E-state index contributed by atoms with van der Waals surface area (Å²) in [5.41, 5.74) is 0. The van der Waals surface area contributed by atoms with Gasteiger partial charge < -0.3 is 15.3 Å². The Bertz CT molecular complexity index is 448. The van der Waals surface area contributed by atoms with Gasteiger partial charge in [-0.1, -0.05) is 51.2 Å². The van der Waals surface area contributed by atoms with Gasteiger partial charge in [0.15, 0.2) is 19.6 Å². The predicted molar refractivity (Wildman–Crippen MR) is 108 cm³/mol. The van der Waals surface area contributed by atoms with Crippen LogP contribution in [0.3, 0.4) is 0 Å². The van der Waals surface area contributed by atoms with Gasteiger partial charge in [-0.3, -0.25) is 4.48 Å². The van der Waals surface area contributed by atoms with Crippen LogP contribution in [0.25, 0.3) is 0 Å². The van der Waals surface area contributed by atoms with Crippen LogP contribution in [0.4, 0.5) is 0 Å². The van der Waals surface area contributed by atoms with Gasteiger partial charge >= 0.3 is 17.9 Å². The molecule has 0 unspecified atom stereocenters. The number of carboxylic acids is 3. The number of nitrogens with zero attached hydrogens (tertiary/aromatic N) is 1. The van der Waals surface area contributed by atoms with Crippen molar-refractivity contribution >= 4 is 17.9 Å². The SMILES string of the molecule is CCCCC/C=C/CCCCCCCC[N+](CC(=O)O)(CC(=O)O)CC(=O)O. The molecule has 0 aliphatic carbocycles. The Labute approximate surface area is 168 Å². The second-order valence-corrected chi connectivity index (χ2v) is 7.60. The van der Waals surface area contributed by atoms with E-state index in [4.69, 9.17) is 15.3 Å². The molecule has 0 aromatic heterocycles. The summed E-state index contributed by atoms with van der Waals surface area (Å²) in [6.45, 7) is 1.01. The Balaban J connectivity index is 4.08. The molecule has 0 aliphatic heterocycles. The Morgan fingerprint density at radius 3 is 1.46 bits per heavy atom. The quantitative estimate of drug-likeness (QED) is 0.172. The van der Waals surface area contributed by atoms with Crippen LogP contribution in [0.1, 0.15) is 77.6 Å². The molecule has 0 atom stereocenters. The maximum absolute atomic E-state index is 11.1. The van der Waals surface area contributed by atoms with Gasteiger partial charge in [-0.15, -0.1) is 0 Å². The third-order valence-corrected chi connectivity index (χ3v) is 4.81. The minimum absolute atomic E-state index is 0.255. The number of quaternary nitrogens is 1. The maximum atomic E-state index is 11.1. The summed E-state index contributed by atoms with van der Waals surface area (Å²) >= 11 is 0. The van der Waals surface area contributed by atoms with Gasteiger partial charge in [0.1, 0.15) is 0 Å². The van der Waals surface area contributed by atoms with E-state index in [9.17, 15) is 14.4 Å². The number of hydrogen-bond acceptors (Lipinski definition) is 3. The molecule has 7 nitrogen and oxygen atoms in total. The standard InChI is InChI=1S/C21H37NO6/c1-2-3-4-5-6-7-8-9-10-11-12-13-14-15-22(16-19(23)24,17-20(25)26)18-21(27)28/h6-7H,2-5,8-18H2,1H3,(H2-,23,24,25,26,27,28)/p+1/b7-6+. The van der Waals surface area contributed by atoms with Gasteiger partial charge in [0.25, 0.3) is 0 Å². The van der Waals surface area contributed by atoms with E-state index in [1.165, 1.54) is 19.3 Å². The van der Waals surface area contributed by atoms with Crippen LogP contribution in [-0.4, -0.2) is 63.9 Å². The fourth-order valence-corrected chi connectivity index (χ4v) is 3.43. The summed E-state index contributed by atoms with van der Waals surface area (Å²) in [4.78, 5) is 33.3. The lowest BCUT2D eigenvalue weighted by Gasteiger charge is -2.34. The Hall–Kier alpha value is -1.89. The molecule has 0 saturated carbocycles. The van der Waals surface area contributed by atoms with E-state index in [0.717, 1.165) is 44.9 Å². The van der Waals surface area contributed by atoms with Crippen LogP contribution in [-0.2, 0) is 14.4 Å². The van der Waals surface area contributed by atoms with Crippen molar-refractivity contribution in [1.82, 2.24) is 0 Å². The van der Waals surface area contributed by atoms with E-state index >= 15 is 0 Å². The summed E-state index contributed by atoms with van der Waals surface area (Å²) in [5, 5.41) is 27.2. The van der Waals surface area contributed by atoms with Crippen molar-refractivity contribution in [2.45, 2.75) is 77.6 Å². The lowest BCUT2D eigenvalue weighted by Crippen LogP contribution is -2.57. The first kappa shape index (κ1) is 26.1. The van der Waals surface area contributed by atoms with Gasteiger partial charge in [0.2, 0.25) is 0 Å². The molecule has 0 bridgehead atoms. The molecule has 0 spiro atoms. The summed E-state index contributed by atoms with van der Waals surface area (Å²) in [7, 11) is 0. The highest BCUT2D eigenvalue weighted by Gasteiger charge is 2.35. The minimum Gasteiger partial charge on any atom is -0.477 e. The number of rotatable bonds is 19. The number of carboxylic acid groups (broad SMARTS) is 3. The molecule has 3 N–H and O–H groups in total. The van der Waals surface area contributed by atoms with Crippen molar-refractivity contribution in [3.63, 3.8) is 0 Å². The van der Waals surface area contributed by atoms with Crippen molar-refractivity contribution in [3.05, 3.63) is 12.2 Å². The third kappa shape index (κ3) is 15.2. The van der Waals surface area contributed by atoms with E-state index in [2.05, 4.69) is 19.1 Å². The van der Waals surface area contributed by atoms with Gasteiger partial charge in [-0.05, 0) is 38.5 Å². The molecule has 0 aromatic carbocycles. The zero-order valence-electron chi connectivity index (χ0n) is 17.3. The van der Waals surface area contributed by atoms with Crippen molar-refractivity contribution in [1.29, 1.82) is 0 Å². The van der Waals surface area contributed by atoms with Gasteiger partial charge in [0.05, 0.1) is 6.54 Å². The normalized spacial score (nSPS) is 11.8.